The second-order valence-electron chi connectivity index (χ2n) is 6.58. The number of halogens is 1. The van der Waals surface area contributed by atoms with Crippen LogP contribution in [0.4, 0.5) is 0 Å². The maximum atomic E-state index is 12.5. The number of hydrogen-bond acceptors (Lipinski definition) is 9. The Balaban J connectivity index is 1.77. The van der Waals surface area contributed by atoms with E-state index in [9.17, 15) is 13.2 Å². The van der Waals surface area contributed by atoms with Gasteiger partial charge < -0.3 is 18.7 Å². The van der Waals surface area contributed by atoms with Gasteiger partial charge in [0, 0.05) is 20.2 Å². The average molecular weight is 482 g/mol. The second kappa shape index (κ2) is 9.55. The third kappa shape index (κ3) is 4.85. The Kier molecular flexibility index (Phi) is 7.02. The van der Waals surface area contributed by atoms with Crippen molar-refractivity contribution in [2.75, 3.05) is 28.3 Å². The van der Waals surface area contributed by atoms with Gasteiger partial charge in [-0.1, -0.05) is 16.8 Å². The van der Waals surface area contributed by atoms with Gasteiger partial charge in [0.15, 0.2) is 6.61 Å². The number of benzene rings is 2. The summed E-state index contributed by atoms with van der Waals surface area (Å²) in [4.78, 5) is 16.6. The summed E-state index contributed by atoms with van der Waals surface area (Å²) in [7, 11) is 2.04. The molecule has 3 aromatic rings. The van der Waals surface area contributed by atoms with Gasteiger partial charge in [0.1, 0.15) is 11.5 Å². The zero-order chi connectivity index (χ0) is 23.5. The summed E-state index contributed by atoms with van der Waals surface area (Å²) in [5, 5.41) is 3.92. The van der Waals surface area contributed by atoms with Gasteiger partial charge in [-0.25, -0.2) is 17.5 Å². The van der Waals surface area contributed by atoms with Crippen molar-refractivity contribution in [2.24, 2.45) is 0 Å². The fourth-order valence-electron chi connectivity index (χ4n) is 2.64. The van der Waals surface area contributed by atoms with Crippen molar-refractivity contribution in [3.63, 3.8) is 0 Å². The summed E-state index contributed by atoms with van der Waals surface area (Å²) in [6.07, 6.45) is 0. The van der Waals surface area contributed by atoms with Crippen LogP contribution in [0.15, 0.2) is 45.8 Å². The van der Waals surface area contributed by atoms with E-state index in [4.69, 9.17) is 30.3 Å². The highest BCUT2D eigenvalue weighted by atomic mass is 35.5. The first-order valence-corrected chi connectivity index (χ1v) is 10.9. The maximum absolute atomic E-state index is 12.5. The highest BCUT2D eigenvalue weighted by Gasteiger charge is 2.22. The lowest BCUT2D eigenvalue weighted by Crippen LogP contribution is -2.22. The van der Waals surface area contributed by atoms with Crippen LogP contribution in [0.2, 0.25) is 5.02 Å². The molecule has 0 radical (unpaired) electrons. The molecule has 12 heteroatoms. The number of sulfonamides is 1. The molecule has 1 heterocycles. The Morgan fingerprint density at radius 1 is 1.12 bits per heavy atom. The van der Waals surface area contributed by atoms with Gasteiger partial charge in [-0.15, -0.1) is 0 Å². The molecule has 0 unspecified atom stereocenters. The van der Waals surface area contributed by atoms with E-state index in [-0.39, 0.29) is 33.8 Å². The first-order chi connectivity index (χ1) is 15.2. The van der Waals surface area contributed by atoms with Crippen molar-refractivity contribution in [1.29, 1.82) is 0 Å². The number of esters is 1. The molecule has 0 fully saturated rings. The van der Waals surface area contributed by atoms with E-state index in [2.05, 4.69) is 10.1 Å². The molecule has 170 valence electrons. The first-order valence-electron chi connectivity index (χ1n) is 9.11. The predicted octanol–water partition coefficient (Wildman–Crippen LogP) is 3.01. The number of ether oxygens (including phenoxy) is 3. The topological polar surface area (TPSA) is 121 Å². The zero-order valence-corrected chi connectivity index (χ0v) is 19.2. The SMILES string of the molecule is COc1ccc(-c2noc(COC(=O)c3cc(S(=O)(=O)N(C)C)ccc3Cl)n2)c(OC)c1. The third-order valence-electron chi connectivity index (χ3n) is 4.38. The van der Waals surface area contributed by atoms with Crippen LogP contribution in [0.25, 0.3) is 11.4 Å². The summed E-state index contributed by atoms with van der Waals surface area (Å²) >= 11 is 6.06. The monoisotopic (exact) mass is 481 g/mol. The van der Waals surface area contributed by atoms with Crippen molar-refractivity contribution in [2.45, 2.75) is 11.5 Å². The fraction of sp³-hybridized carbons (Fsp3) is 0.250. The van der Waals surface area contributed by atoms with Crippen LogP contribution in [0.5, 0.6) is 11.5 Å². The van der Waals surface area contributed by atoms with Crippen molar-refractivity contribution >= 4 is 27.6 Å². The van der Waals surface area contributed by atoms with E-state index in [0.29, 0.717) is 17.1 Å². The number of rotatable bonds is 8. The standard InChI is InChI=1S/C20H20ClN3O7S/c1-24(2)32(26,27)13-6-8-16(21)15(10-13)20(25)30-11-18-22-19(23-31-18)14-7-5-12(28-3)9-17(14)29-4/h5-10H,11H2,1-4H3. The molecular weight excluding hydrogens is 462 g/mol. The van der Waals surface area contributed by atoms with Crippen LogP contribution in [0.1, 0.15) is 16.2 Å². The molecule has 0 amide bonds. The summed E-state index contributed by atoms with van der Waals surface area (Å²) in [6.45, 7) is -0.342. The number of carbonyl (C=O) groups is 1. The van der Waals surface area contributed by atoms with Crippen molar-refractivity contribution < 1.29 is 31.9 Å². The van der Waals surface area contributed by atoms with Crippen molar-refractivity contribution in [1.82, 2.24) is 14.4 Å². The largest absolute Gasteiger partial charge is 0.497 e. The van der Waals surface area contributed by atoms with E-state index >= 15 is 0 Å². The summed E-state index contributed by atoms with van der Waals surface area (Å²) in [6, 6.07) is 8.86. The summed E-state index contributed by atoms with van der Waals surface area (Å²) in [5.41, 5.74) is 0.449. The van der Waals surface area contributed by atoms with E-state index in [0.717, 1.165) is 10.4 Å². The normalized spacial score (nSPS) is 11.4. The molecule has 0 aliphatic heterocycles. The lowest BCUT2D eigenvalue weighted by Gasteiger charge is -2.12. The maximum Gasteiger partial charge on any atom is 0.340 e. The van der Waals surface area contributed by atoms with Crippen LogP contribution in [-0.4, -0.2) is 57.1 Å². The molecule has 32 heavy (non-hydrogen) atoms. The molecular formula is C20H20ClN3O7S. The van der Waals surface area contributed by atoms with Crippen molar-refractivity contribution in [3.8, 4) is 22.9 Å². The smallest absolute Gasteiger partial charge is 0.340 e. The average Bonchev–Trinajstić information content (AvgIpc) is 3.25. The highest BCUT2D eigenvalue weighted by Crippen LogP contribution is 2.31. The van der Waals surface area contributed by atoms with E-state index < -0.39 is 16.0 Å². The van der Waals surface area contributed by atoms with Crippen LogP contribution >= 0.6 is 11.6 Å². The number of carbonyl (C=O) groups excluding carboxylic acids is 1. The molecule has 0 aliphatic carbocycles. The summed E-state index contributed by atoms with van der Waals surface area (Å²) in [5.74, 6) is 0.484. The predicted molar refractivity (Wildman–Crippen MR) is 114 cm³/mol. The number of nitrogens with zero attached hydrogens (tertiary/aromatic N) is 3. The van der Waals surface area contributed by atoms with Crippen LogP contribution < -0.4 is 9.47 Å². The molecule has 0 saturated heterocycles. The Labute approximate surface area is 189 Å². The zero-order valence-electron chi connectivity index (χ0n) is 17.7. The van der Waals surface area contributed by atoms with Gasteiger partial charge in [0.25, 0.3) is 5.89 Å². The van der Waals surface area contributed by atoms with Gasteiger partial charge in [-0.3, -0.25) is 0 Å². The minimum Gasteiger partial charge on any atom is -0.497 e. The molecule has 0 aliphatic rings. The van der Waals surface area contributed by atoms with Gasteiger partial charge in [0.2, 0.25) is 15.8 Å². The van der Waals surface area contributed by atoms with Gasteiger partial charge in [-0.05, 0) is 30.3 Å². The molecule has 0 saturated carbocycles. The molecule has 0 spiro atoms. The van der Waals surface area contributed by atoms with E-state index in [1.54, 1.807) is 18.2 Å². The Bertz CT molecular complexity index is 1240. The first kappa shape index (κ1) is 23.5. The molecule has 10 nitrogen and oxygen atoms in total. The van der Waals surface area contributed by atoms with Crippen LogP contribution in [0.3, 0.4) is 0 Å². The lowest BCUT2D eigenvalue weighted by molar-refractivity contribution is 0.0429. The molecule has 0 bridgehead atoms. The Hall–Kier alpha value is -3.15. The molecule has 0 atom stereocenters. The van der Waals surface area contributed by atoms with Crippen LogP contribution in [0, 0.1) is 0 Å². The fourth-order valence-corrected chi connectivity index (χ4v) is 3.77. The minimum absolute atomic E-state index is 0.0272. The van der Waals surface area contributed by atoms with E-state index in [1.807, 2.05) is 0 Å². The molecule has 1 aromatic heterocycles. The number of aromatic nitrogens is 2. The van der Waals surface area contributed by atoms with Crippen LogP contribution in [-0.2, 0) is 21.4 Å². The molecule has 3 rings (SSSR count). The highest BCUT2D eigenvalue weighted by molar-refractivity contribution is 7.89. The summed E-state index contributed by atoms with van der Waals surface area (Å²) < 4.78 is 46.4. The number of hydrogen-bond donors (Lipinski definition) is 0. The lowest BCUT2D eigenvalue weighted by atomic mass is 10.2. The third-order valence-corrected chi connectivity index (χ3v) is 6.52. The van der Waals surface area contributed by atoms with Gasteiger partial charge >= 0.3 is 5.97 Å². The Morgan fingerprint density at radius 2 is 1.88 bits per heavy atom. The second-order valence-corrected chi connectivity index (χ2v) is 9.14. The molecule has 2 aromatic carbocycles. The minimum atomic E-state index is -3.75. The van der Waals surface area contributed by atoms with E-state index in [1.165, 1.54) is 40.4 Å². The van der Waals surface area contributed by atoms with Gasteiger partial charge in [-0.2, -0.15) is 4.98 Å². The number of methoxy groups -OCH3 is 2. The van der Waals surface area contributed by atoms with Crippen molar-refractivity contribution in [3.05, 3.63) is 52.9 Å². The molecule has 0 N–H and O–H groups in total. The Morgan fingerprint density at radius 3 is 2.53 bits per heavy atom. The quantitative estimate of drug-likeness (QED) is 0.447. The van der Waals surface area contributed by atoms with Gasteiger partial charge in [0.05, 0.1) is 35.3 Å².